The molecule has 2 unspecified atom stereocenters. The first-order valence-corrected chi connectivity index (χ1v) is 7.81. The van der Waals surface area contributed by atoms with Crippen molar-refractivity contribution in [1.82, 2.24) is 9.78 Å². The van der Waals surface area contributed by atoms with Crippen LogP contribution in [-0.4, -0.2) is 29.5 Å². The monoisotopic (exact) mass is 283 g/mol. The molecule has 110 valence electrons. The summed E-state index contributed by atoms with van der Waals surface area (Å²) in [6.45, 7) is 4.91. The van der Waals surface area contributed by atoms with Crippen molar-refractivity contribution in [2.75, 3.05) is 25.1 Å². The summed E-state index contributed by atoms with van der Waals surface area (Å²) in [5.74, 6) is 1.79. The van der Waals surface area contributed by atoms with E-state index < -0.39 is 0 Å². The van der Waals surface area contributed by atoms with Crippen LogP contribution in [0.15, 0.2) is 30.3 Å². The fourth-order valence-corrected chi connectivity index (χ4v) is 3.66. The quantitative estimate of drug-likeness (QED) is 0.919. The van der Waals surface area contributed by atoms with E-state index in [4.69, 9.17) is 9.84 Å². The molecule has 1 saturated heterocycles. The second-order valence-electron chi connectivity index (χ2n) is 6.03. The number of hydrogen-bond acceptors (Lipinski definition) is 3. The van der Waals surface area contributed by atoms with Crippen molar-refractivity contribution in [3.63, 3.8) is 0 Å². The zero-order chi connectivity index (χ0) is 14.2. The highest BCUT2D eigenvalue weighted by molar-refractivity contribution is 5.78. The van der Waals surface area contributed by atoms with Gasteiger partial charge in [0, 0.05) is 24.6 Å². The minimum absolute atomic E-state index is 0.472. The van der Waals surface area contributed by atoms with Crippen LogP contribution >= 0.6 is 0 Å². The Balaban J connectivity index is 1.78. The molecule has 21 heavy (non-hydrogen) atoms. The van der Waals surface area contributed by atoms with E-state index in [0.717, 1.165) is 38.3 Å². The maximum atomic E-state index is 5.59. The molecule has 0 saturated carbocycles. The number of benzene rings is 1. The molecule has 2 aliphatic heterocycles. The molecule has 4 nitrogen and oxygen atoms in total. The summed E-state index contributed by atoms with van der Waals surface area (Å²) in [6.07, 6.45) is 2.29. The molecular weight excluding hydrogens is 262 g/mol. The van der Waals surface area contributed by atoms with E-state index in [9.17, 15) is 0 Å². The molecule has 2 aliphatic rings. The predicted octanol–water partition coefficient (Wildman–Crippen LogP) is 3.25. The SMILES string of the molecule is Cc1nn2c(c1-c1ccccc1)NCCC2C1CCOC1. The lowest BCUT2D eigenvalue weighted by Crippen LogP contribution is -2.29. The molecule has 0 bridgehead atoms. The Bertz CT molecular complexity index is 629. The Morgan fingerprint density at radius 3 is 2.86 bits per heavy atom. The Labute approximate surface area is 125 Å². The van der Waals surface area contributed by atoms with Gasteiger partial charge in [0.1, 0.15) is 5.82 Å². The molecule has 1 aromatic carbocycles. The summed E-state index contributed by atoms with van der Waals surface area (Å²) in [5.41, 5.74) is 3.60. The molecule has 0 radical (unpaired) electrons. The molecule has 4 rings (SSSR count). The third kappa shape index (κ3) is 2.14. The number of hydrogen-bond donors (Lipinski definition) is 1. The summed E-state index contributed by atoms with van der Waals surface area (Å²) < 4.78 is 7.81. The molecule has 2 atom stereocenters. The van der Waals surface area contributed by atoms with Crippen LogP contribution in [0.4, 0.5) is 5.82 Å². The van der Waals surface area contributed by atoms with E-state index in [1.165, 1.54) is 16.9 Å². The summed E-state index contributed by atoms with van der Waals surface area (Å²) in [6, 6.07) is 11.0. The second kappa shape index (κ2) is 5.19. The lowest BCUT2D eigenvalue weighted by atomic mass is 9.94. The third-order valence-corrected chi connectivity index (χ3v) is 4.70. The van der Waals surface area contributed by atoms with E-state index in [1.54, 1.807) is 0 Å². The highest BCUT2D eigenvalue weighted by Crippen LogP contribution is 2.40. The van der Waals surface area contributed by atoms with Gasteiger partial charge in [-0.15, -0.1) is 0 Å². The van der Waals surface area contributed by atoms with E-state index in [0.29, 0.717) is 12.0 Å². The topological polar surface area (TPSA) is 39.1 Å². The second-order valence-corrected chi connectivity index (χ2v) is 6.03. The molecule has 3 heterocycles. The first kappa shape index (κ1) is 12.9. The third-order valence-electron chi connectivity index (χ3n) is 4.70. The van der Waals surface area contributed by atoms with Gasteiger partial charge in [-0.25, -0.2) is 4.68 Å². The first-order valence-electron chi connectivity index (χ1n) is 7.81. The van der Waals surface area contributed by atoms with Gasteiger partial charge >= 0.3 is 0 Å². The smallest absolute Gasteiger partial charge is 0.132 e. The molecule has 0 aliphatic carbocycles. The van der Waals surface area contributed by atoms with E-state index in [1.807, 2.05) is 0 Å². The number of fused-ring (bicyclic) bond motifs is 1. The standard InChI is InChI=1S/C17H21N3O/c1-12-16(13-5-3-2-4-6-13)17-18-9-7-15(20(17)19-12)14-8-10-21-11-14/h2-6,14-15,18H,7-11H2,1H3. The van der Waals surface area contributed by atoms with Gasteiger partial charge in [0.2, 0.25) is 0 Å². The summed E-state index contributed by atoms with van der Waals surface area (Å²) in [4.78, 5) is 0. The number of nitrogens with one attached hydrogen (secondary N) is 1. The van der Waals surface area contributed by atoms with Crippen molar-refractivity contribution >= 4 is 5.82 Å². The van der Waals surface area contributed by atoms with E-state index >= 15 is 0 Å². The molecule has 1 N–H and O–H groups in total. The number of rotatable bonds is 2. The average Bonchev–Trinajstić information content (AvgIpc) is 3.14. The molecular formula is C17H21N3O. The van der Waals surface area contributed by atoms with Gasteiger partial charge in [-0.1, -0.05) is 30.3 Å². The van der Waals surface area contributed by atoms with Crippen LogP contribution in [-0.2, 0) is 4.74 Å². The highest BCUT2D eigenvalue weighted by atomic mass is 16.5. The molecule has 4 heteroatoms. The van der Waals surface area contributed by atoms with Crippen LogP contribution in [0.3, 0.4) is 0 Å². The van der Waals surface area contributed by atoms with Gasteiger partial charge in [-0.3, -0.25) is 0 Å². The lowest BCUT2D eigenvalue weighted by Gasteiger charge is -2.30. The number of aromatic nitrogens is 2. The fourth-order valence-electron chi connectivity index (χ4n) is 3.66. The molecule has 0 amide bonds. The number of ether oxygens (including phenoxy) is 1. The van der Waals surface area contributed by atoms with Crippen molar-refractivity contribution in [1.29, 1.82) is 0 Å². The summed E-state index contributed by atoms with van der Waals surface area (Å²) >= 11 is 0. The average molecular weight is 283 g/mol. The van der Waals surface area contributed by atoms with Crippen LogP contribution in [0.1, 0.15) is 24.6 Å². The Morgan fingerprint density at radius 1 is 1.24 bits per heavy atom. The van der Waals surface area contributed by atoms with Gasteiger partial charge in [-0.2, -0.15) is 5.10 Å². The normalized spacial score (nSPS) is 24.6. The Hall–Kier alpha value is -1.81. The van der Waals surface area contributed by atoms with Crippen molar-refractivity contribution in [3.8, 4) is 11.1 Å². The molecule has 2 aromatic rings. The maximum Gasteiger partial charge on any atom is 0.132 e. The highest BCUT2D eigenvalue weighted by Gasteiger charge is 2.33. The minimum atomic E-state index is 0.472. The summed E-state index contributed by atoms with van der Waals surface area (Å²) in [7, 11) is 0. The first-order chi connectivity index (χ1) is 10.3. The fraction of sp³-hybridized carbons (Fsp3) is 0.471. The minimum Gasteiger partial charge on any atom is -0.381 e. The van der Waals surface area contributed by atoms with Crippen LogP contribution < -0.4 is 5.32 Å². The predicted molar refractivity (Wildman–Crippen MR) is 83.5 cm³/mol. The lowest BCUT2D eigenvalue weighted by molar-refractivity contribution is 0.167. The zero-order valence-corrected chi connectivity index (χ0v) is 12.4. The molecule has 1 aromatic heterocycles. The van der Waals surface area contributed by atoms with Crippen LogP contribution in [0.5, 0.6) is 0 Å². The van der Waals surface area contributed by atoms with Crippen molar-refractivity contribution in [2.24, 2.45) is 5.92 Å². The Morgan fingerprint density at radius 2 is 2.10 bits per heavy atom. The number of aryl methyl sites for hydroxylation is 1. The van der Waals surface area contributed by atoms with E-state index in [2.05, 4.69) is 47.3 Å². The largest absolute Gasteiger partial charge is 0.381 e. The molecule has 0 spiro atoms. The van der Waals surface area contributed by atoms with Gasteiger partial charge in [-0.05, 0) is 25.3 Å². The maximum absolute atomic E-state index is 5.59. The summed E-state index contributed by atoms with van der Waals surface area (Å²) in [5, 5.41) is 8.42. The van der Waals surface area contributed by atoms with Gasteiger partial charge < -0.3 is 10.1 Å². The van der Waals surface area contributed by atoms with Gasteiger partial charge in [0.25, 0.3) is 0 Å². The van der Waals surface area contributed by atoms with Crippen molar-refractivity contribution in [3.05, 3.63) is 36.0 Å². The number of nitrogens with zero attached hydrogens (tertiary/aromatic N) is 2. The molecule has 1 fully saturated rings. The van der Waals surface area contributed by atoms with Crippen LogP contribution in [0.25, 0.3) is 11.1 Å². The van der Waals surface area contributed by atoms with Crippen molar-refractivity contribution in [2.45, 2.75) is 25.8 Å². The van der Waals surface area contributed by atoms with Gasteiger partial charge in [0.15, 0.2) is 0 Å². The zero-order valence-electron chi connectivity index (χ0n) is 12.4. The van der Waals surface area contributed by atoms with Gasteiger partial charge in [0.05, 0.1) is 18.3 Å². The number of anilines is 1. The van der Waals surface area contributed by atoms with Crippen LogP contribution in [0, 0.1) is 12.8 Å². The van der Waals surface area contributed by atoms with Crippen molar-refractivity contribution < 1.29 is 4.74 Å². The Kier molecular flexibility index (Phi) is 3.19. The van der Waals surface area contributed by atoms with Crippen LogP contribution in [0.2, 0.25) is 0 Å². The van der Waals surface area contributed by atoms with E-state index in [-0.39, 0.29) is 0 Å².